The zero-order valence-electron chi connectivity index (χ0n) is 11.6. The van der Waals surface area contributed by atoms with E-state index in [-0.39, 0.29) is 6.04 Å². The second-order valence-electron chi connectivity index (χ2n) is 5.31. The van der Waals surface area contributed by atoms with Crippen LogP contribution in [0.5, 0.6) is 0 Å². The van der Waals surface area contributed by atoms with Gasteiger partial charge in [-0.25, -0.2) is 0 Å². The second-order valence-corrected chi connectivity index (χ2v) is 5.31. The van der Waals surface area contributed by atoms with Crippen molar-refractivity contribution in [3.05, 3.63) is 71.8 Å². The molecule has 20 heavy (non-hydrogen) atoms. The zero-order valence-corrected chi connectivity index (χ0v) is 11.6. The first-order valence-corrected chi connectivity index (χ1v) is 7.13. The molecule has 1 unspecified atom stereocenters. The van der Waals surface area contributed by atoms with Crippen molar-refractivity contribution in [2.24, 2.45) is 5.73 Å². The SMILES string of the molecule is NC1Cc2ccccc2N(CC=Cc2ccccc2)C1. The van der Waals surface area contributed by atoms with Gasteiger partial charge in [-0.05, 0) is 23.6 Å². The van der Waals surface area contributed by atoms with E-state index in [1.54, 1.807) is 0 Å². The number of fused-ring (bicyclic) bond motifs is 1. The van der Waals surface area contributed by atoms with Gasteiger partial charge in [0.1, 0.15) is 0 Å². The monoisotopic (exact) mass is 264 g/mol. The highest BCUT2D eigenvalue weighted by Gasteiger charge is 2.20. The molecule has 0 aliphatic carbocycles. The Labute approximate surface area is 120 Å². The van der Waals surface area contributed by atoms with Gasteiger partial charge in [0.15, 0.2) is 0 Å². The van der Waals surface area contributed by atoms with Crippen molar-refractivity contribution in [2.75, 3.05) is 18.0 Å². The fourth-order valence-electron chi connectivity index (χ4n) is 2.77. The van der Waals surface area contributed by atoms with Crippen LogP contribution in [0.2, 0.25) is 0 Å². The van der Waals surface area contributed by atoms with E-state index in [4.69, 9.17) is 5.73 Å². The Morgan fingerprint density at radius 3 is 2.65 bits per heavy atom. The van der Waals surface area contributed by atoms with E-state index in [0.29, 0.717) is 0 Å². The highest BCUT2D eigenvalue weighted by atomic mass is 15.1. The number of anilines is 1. The normalized spacial score (nSPS) is 18.2. The molecule has 0 spiro atoms. The summed E-state index contributed by atoms with van der Waals surface area (Å²) in [5.41, 5.74) is 10.1. The lowest BCUT2D eigenvalue weighted by molar-refractivity contribution is 0.616. The minimum atomic E-state index is 0.232. The molecule has 1 heterocycles. The lowest BCUT2D eigenvalue weighted by Gasteiger charge is -2.33. The third-order valence-corrected chi connectivity index (χ3v) is 3.70. The Morgan fingerprint density at radius 2 is 1.80 bits per heavy atom. The lowest BCUT2D eigenvalue weighted by Crippen LogP contribution is -2.43. The Hall–Kier alpha value is -2.06. The van der Waals surface area contributed by atoms with E-state index in [1.807, 2.05) is 6.07 Å². The molecule has 0 saturated carbocycles. The quantitative estimate of drug-likeness (QED) is 0.923. The summed E-state index contributed by atoms with van der Waals surface area (Å²) in [4.78, 5) is 2.36. The van der Waals surface area contributed by atoms with Gasteiger partial charge < -0.3 is 10.6 Å². The molecule has 0 fully saturated rings. The van der Waals surface area contributed by atoms with Crippen molar-refractivity contribution in [3.63, 3.8) is 0 Å². The average Bonchev–Trinajstić information content (AvgIpc) is 2.48. The summed E-state index contributed by atoms with van der Waals surface area (Å²) in [5, 5.41) is 0. The van der Waals surface area contributed by atoms with E-state index in [0.717, 1.165) is 19.5 Å². The van der Waals surface area contributed by atoms with Crippen LogP contribution in [-0.4, -0.2) is 19.1 Å². The van der Waals surface area contributed by atoms with Gasteiger partial charge in [0.2, 0.25) is 0 Å². The molecule has 2 aromatic carbocycles. The smallest absolute Gasteiger partial charge is 0.0402 e. The molecule has 2 nitrogen and oxygen atoms in total. The van der Waals surface area contributed by atoms with Crippen LogP contribution in [0.4, 0.5) is 5.69 Å². The molecule has 0 radical (unpaired) electrons. The number of para-hydroxylation sites is 1. The van der Waals surface area contributed by atoms with Crippen LogP contribution in [0.15, 0.2) is 60.7 Å². The Bertz CT molecular complexity index is 589. The lowest BCUT2D eigenvalue weighted by atomic mass is 9.98. The maximum absolute atomic E-state index is 6.16. The molecule has 2 heteroatoms. The first-order chi connectivity index (χ1) is 9.83. The van der Waals surface area contributed by atoms with Crippen molar-refractivity contribution in [1.29, 1.82) is 0 Å². The van der Waals surface area contributed by atoms with Crippen LogP contribution in [0.1, 0.15) is 11.1 Å². The maximum Gasteiger partial charge on any atom is 0.0402 e. The van der Waals surface area contributed by atoms with Gasteiger partial charge >= 0.3 is 0 Å². The predicted octanol–water partition coefficient (Wildman–Crippen LogP) is 3.09. The number of nitrogens with zero attached hydrogens (tertiary/aromatic N) is 1. The topological polar surface area (TPSA) is 29.3 Å². The Morgan fingerprint density at radius 1 is 1.05 bits per heavy atom. The van der Waals surface area contributed by atoms with Crippen molar-refractivity contribution in [3.8, 4) is 0 Å². The summed E-state index contributed by atoms with van der Waals surface area (Å²) in [7, 11) is 0. The van der Waals surface area contributed by atoms with E-state index >= 15 is 0 Å². The summed E-state index contributed by atoms with van der Waals surface area (Å²) in [6, 6.07) is 19.2. The molecule has 102 valence electrons. The molecule has 0 amide bonds. The van der Waals surface area contributed by atoms with Crippen LogP contribution in [0.3, 0.4) is 0 Å². The summed E-state index contributed by atoms with van der Waals surface area (Å²) >= 11 is 0. The molecular weight excluding hydrogens is 244 g/mol. The fraction of sp³-hybridized carbons (Fsp3) is 0.222. The molecule has 2 aromatic rings. The number of nitrogens with two attached hydrogens (primary N) is 1. The van der Waals surface area contributed by atoms with Crippen LogP contribution >= 0.6 is 0 Å². The first kappa shape index (κ1) is 12.9. The van der Waals surface area contributed by atoms with Gasteiger partial charge in [0.05, 0.1) is 0 Å². The molecule has 3 rings (SSSR count). The first-order valence-electron chi connectivity index (χ1n) is 7.13. The Kier molecular flexibility index (Phi) is 3.84. The molecule has 0 aromatic heterocycles. The zero-order chi connectivity index (χ0) is 13.8. The standard InChI is InChI=1S/C18H20N2/c19-17-13-16-10-4-5-11-18(16)20(14-17)12-6-9-15-7-2-1-3-8-15/h1-11,17H,12-14,19H2. The number of hydrogen-bond donors (Lipinski definition) is 1. The van der Waals surface area contributed by atoms with E-state index in [1.165, 1.54) is 16.8 Å². The predicted molar refractivity (Wildman–Crippen MR) is 85.8 cm³/mol. The highest BCUT2D eigenvalue weighted by Crippen LogP contribution is 2.26. The van der Waals surface area contributed by atoms with Crippen molar-refractivity contribution in [1.82, 2.24) is 0 Å². The second kappa shape index (κ2) is 5.93. The van der Waals surface area contributed by atoms with Crippen molar-refractivity contribution < 1.29 is 0 Å². The van der Waals surface area contributed by atoms with Crippen molar-refractivity contribution >= 4 is 11.8 Å². The van der Waals surface area contributed by atoms with E-state index in [9.17, 15) is 0 Å². The largest absolute Gasteiger partial charge is 0.366 e. The summed E-state index contributed by atoms with van der Waals surface area (Å²) in [5.74, 6) is 0. The number of benzene rings is 2. The number of rotatable bonds is 3. The maximum atomic E-state index is 6.16. The summed E-state index contributed by atoms with van der Waals surface area (Å²) in [6.07, 6.45) is 5.36. The van der Waals surface area contributed by atoms with Crippen LogP contribution < -0.4 is 10.6 Å². The van der Waals surface area contributed by atoms with Crippen LogP contribution in [-0.2, 0) is 6.42 Å². The van der Waals surface area contributed by atoms with E-state index in [2.05, 4.69) is 65.6 Å². The molecular formula is C18H20N2. The molecule has 0 bridgehead atoms. The van der Waals surface area contributed by atoms with Crippen molar-refractivity contribution in [2.45, 2.75) is 12.5 Å². The van der Waals surface area contributed by atoms with Crippen LogP contribution in [0, 0.1) is 0 Å². The third-order valence-electron chi connectivity index (χ3n) is 3.70. The minimum Gasteiger partial charge on any atom is -0.366 e. The van der Waals surface area contributed by atoms with Gasteiger partial charge in [-0.1, -0.05) is 60.7 Å². The van der Waals surface area contributed by atoms with Gasteiger partial charge in [-0.2, -0.15) is 0 Å². The number of hydrogen-bond acceptors (Lipinski definition) is 2. The molecule has 2 N–H and O–H groups in total. The molecule has 1 aliphatic rings. The molecule has 1 atom stereocenters. The Balaban J connectivity index is 1.73. The fourth-order valence-corrected chi connectivity index (χ4v) is 2.77. The van der Waals surface area contributed by atoms with Gasteiger partial charge in [0.25, 0.3) is 0 Å². The highest BCUT2D eigenvalue weighted by molar-refractivity contribution is 5.58. The van der Waals surface area contributed by atoms with Gasteiger partial charge in [0, 0.05) is 24.8 Å². The minimum absolute atomic E-state index is 0.232. The van der Waals surface area contributed by atoms with Gasteiger partial charge in [-0.3, -0.25) is 0 Å². The average molecular weight is 264 g/mol. The van der Waals surface area contributed by atoms with E-state index < -0.39 is 0 Å². The van der Waals surface area contributed by atoms with Gasteiger partial charge in [-0.15, -0.1) is 0 Å². The molecule has 0 saturated heterocycles. The summed E-state index contributed by atoms with van der Waals surface area (Å²) in [6.45, 7) is 1.83. The van der Waals surface area contributed by atoms with Crippen LogP contribution in [0.25, 0.3) is 6.08 Å². The molecule has 1 aliphatic heterocycles. The third kappa shape index (κ3) is 2.91. The summed E-state index contributed by atoms with van der Waals surface area (Å²) < 4.78 is 0.